The predicted octanol–water partition coefficient (Wildman–Crippen LogP) is 3.27. The number of thiophene rings is 1. The molecule has 10 nitrogen and oxygen atoms in total. The number of nitro groups is 1. The number of carbonyl (C=O) groups excluding carboxylic acids is 3. The van der Waals surface area contributed by atoms with Crippen LogP contribution in [0.3, 0.4) is 0 Å². The number of rotatable bonds is 10. The molecule has 1 heterocycles. The van der Waals surface area contributed by atoms with Crippen LogP contribution in [-0.2, 0) is 19.1 Å². The van der Waals surface area contributed by atoms with Crippen molar-refractivity contribution in [1.82, 2.24) is 0 Å². The van der Waals surface area contributed by atoms with Crippen LogP contribution in [0, 0.1) is 10.1 Å². The first-order chi connectivity index (χ1) is 14.9. The molecule has 1 amide bonds. The predicted molar refractivity (Wildman–Crippen MR) is 110 cm³/mol. The van der Waals surface area contributed by atoms with E-state index in [1.54, 1.807) is 6.92 Å². The molecule has 0 bridgehead atoms. The fourth-order valence-corrected chi connectivity index (χ4v) is 3.84. The summed E-state index contributed by atoms with van der Waals surface area (Å²) in [7, 11) is 0. The number of hydrogen-bond donors (Lipinski definition) is 1. The van der Waals surface area contributed by atoms with Gasteiger partial charge in [-0.25, -0.2) is 9.59 Å². The Bertz CT molecular complexity index is 999. The number of amides is 1. The van der Waals surface area contributed by atoms with E-state index in [9.17, 15) is 24.5 Å². The number of nitro benzene ring substituents is 1. The summed E-state index contributed by atoms with van der Waals surface area (Å²) in [4.78, 5) is 46.7. The van der Waals surface area contributed by atoms with Gasteiger partial charge in [0, 0.05) is 6.07 Å². The molecule has 1 aromatic carbocycles. The van der Waals surface area contributed by atoms with Gasteiger partial charge in [-0.3, -0.25) is 14.9 Å². The van der Waals surface area contributed by atoms with Crippen molar-refractivity contribution in [3.05, 3.63) is 50.9 Å². The van der Waals surface area contributed by atoms with E-state index < -0.39 is 36.0 Å². The summed E-state index contributed by atoms with van der Waals surface area (Å²) in [5.41, 5.74) is 0.908. The second kappa shape index (κ2) is 10.0. The Morgan fingerprint density at radius 2 is 1.94 bits per heavy atom. The summed E-state index contributed by atoms with van der Waals surface area (Å²) in [6.45, 7) is 0.712. The number of anilines is 1. The molecule has 1 fully saturated rings. The van der Waals surface area contributed by atoms with Gasteiger partial charge in [0.1, 0.15) is 5.00 Å². The lowest BCUT2D eigenvalue weighted by molar-refractivity contribution is -0.385. The third kappa shape index (κ3) is 5.79. The molecule has 164 valence electrons. The standard InChI is InChI=1S/C20H20N2O8S/c1-2-28-20(25)18-13(12-7-8-12)11-31-19(18)21-16(23)9-30-17(24)10-29-15-6-4-3-5-14(15)22(26)27/h3-6,11-12H,2,7-10H2,1H3,(H,21,23). The topological polar surface area (TPSA) is 134 Å². The number of hydrogen-bond acceptors (Lipinski definition) is 9. The molecular weight excluding hydrogens is 428 g/mol. The molecule has 0 radical (unpaired) electrons. The van der Waals surface area contributed by atoms with Crippen LogP contribution in [0.25, 0.3) is 0 Å². The van der Waals surface area contributed by atoms with E-state index in [4.69, 9.17) is 14.2 Å². The third-order valence-electron chi connectivity index (χ3n) is 4.34. The summed E-state index contributed by atoms with van der Waals surface area (Å²) >= 11 is 1.21. The van der Waals surface area contributed by atoms with Crippen LogP contribution in [0.1, 0.15) is 41.6 Å². The average Bonchev–Trinajstić information content (AvgIpc) is 3.51. The largest absolute Gasteiger partial charge is 0.475 e. The second-order valence-corrected chi connectivity index (χ2v) is 7.49. The molecule has 0 unspecified atom stereocenters. The first-order valence-corrected chi connectivity index (χ1v) is 10.4. The number of nitrogens with one attached hydrogen (secondary N) is 1. The van der Waals surface area contributed by atoms with Crippen molar-refractivity contribution in [2.75, 3.05) is 25.1 Å². The number of para-hydroxylation sites is 2. The van der Waals surface area contributed by atoms with Crippen molar-refractivity contribution >= 4 is 39.9 Å². The number of esters is 2. The minimum Gasteiger partial charge on any atom is -0.475 e. The van der Waals surface area contributed by atoms with Gasteiger partial charge in [0.25, 0.3) is 5.91 Å². The lowest BCUT2D eigenvalue weighted by Gasteiger charge is -2.09. The molecule has 1 aliphatic carbocycles. The van der Waals surface area contributed by atoms with E-state index in [1.165, 1.54) is 35.6 Å². The fourth-order valence-electron chi connectivity index (χ4n) is 2.79. The van der Waals surface area contributed by atoms with Crippen LogP contribution in [-0.4, -0.2) is 42.6 Å². The van der Waals surface area contributed by atoms with Crippen LogP contribution < -0.4 is 10.1 Å². The summed E-state index contributed by atoms with van der Waals surface area (Å²) < 4.78 is 15.1. The molecule has 2 aromatic rings. The molecule has 1 saturated carbocycles. The van der Waals surface area contributed by atoms with Crippen molar-refractivity contribution in [1.29, 1.82) is 0 Å². The van der Waals surface area contributed by atoms with Gasteiger partial charge in [0.2, 0.25) is 0 Å². The molecular formula is C20H20N2O8S. The lowest BCUT2D eigenvalue weighted by Crippen LogP contribution is -2.24. The van der Waals surface area contributed by atoms with Gasteiger partial charge in [0.05, 0.1) is 17.1 Å². The summed E-state index contributed by atoms with van der Waals surface area (Å²) in [5.74, 6) is -1.80. The first kappa shape index (κ1) is 22.2. The molecule has 0 saturated heterocycles. The molecule has 1 aliphatic rings. The molecule has 31 heavy (non-hydrogen) atoms. The van der Waals surface area contributed by atoms with Crippen LogP contribution in [0.2, 0.25) is 0 Å². The Balaban J connectivity index is 1.53. The number of nitrogens with zero attached hydrogens (tertiary/aromatic N) is 1. The molecule has 3 rings (SSSR count). The maximum absolute atomic E-state index is 12.3. The van der Waals surface area contributed by atoms with Gasteiger partial charge >= 0.3 is 17.6 Å². The molecule has 0 aliphatic heterocycles. The second-order valence-electron chi connectivity index (χ2n) is 6.61. The van der Waals surface area contributed by atoms with E-state index in [0.717, 1.165) is 18.4 Å². The molecule has 0 spiro atoms. The number of benzene rings is 1. The molecule has 1 N–H and O–H groups in total. The fraction of sp³-hybridized carbons (Fsp3) is 0.350. The minimum atomic E-state index is -0.872. The van der Waals surface area contributed by atoms with Gasteiger partial charge in [-0.15, -0.1) is 11.3 Å². The first-order valence-electron chi connectivity index (χ1n) is 9.50. The zero-order chi connectivity index (χ0) is 22.4. The van der Waals surface area contributed by atoms with Crippen LogP contribution in [0.4, 0.5) is 10.7 Å². The van der Waals surface area contributed by atoms with Crippen LogP contribution >= 0.6 is 11.3 Å². The highest BCUT2D eigenvalue weighted by Gasteiger charge is 2.32. The quantitative estimate of drug-likeness (QED) is 0.332. The molecule has 0 atom stereocenters. The van der Waals surface area contributed by atoms with E-state index in [1.807, 2.05) is 5.38 Å². The van der Waals surface area contributed by atoms with E-state index in [-0.39, 0.29) is 18.0 Å². The van der Waals surface area contributed by atoms with E-state index in [0.29, 0.717) is 16.5 Å². The maximum Gasteiger partial charge on any atom is 0.344 e. The molecule has 11 heteroatoms. The van der Waals surface area contributed by atoms with Crippen molar-refractivity contribution in [3.8, 4) is 5.75 Å². The Kier molecular flexibility index (Phi) is 7.19. The Hall–Kier alpha value is -3.47. The average molecular weight is 448 g/mol. The third-order valence-corrected chi connectivity index (χ3v) is 5.25. The number of ether oxygens (including phenoxy) is 3. The van der Waals surface area contributed by atoms with Crippen LogP contribution in [0.15, 0.2) is 29.6 Å². The smallest absolute Gasteiger partial charge is 0.344 e. The van der Waals surface area contributed by atoms with Crippen molar-refractivity contribution < 1.29 is 33.5 Å². The van der Waals surface area contributed by atoms with E-state index >= 15 is 0 Å². The van der Waals surface area contributed by atoms with Crippen molar-refractivity contribution in [3.63, 3.8) is 0 Å². The maximum atomic E-state index is 12.3. The normalized spacial score (nSPS) is 12.7. The van der Waals surface area contributed by atoms with E-state index in [2.05, 4.69) is 5.32 Å². The van der Waals surface area contributed by atoms with Crippen molar-refractivity contribution in [2.45, 2.75) is 25.7 Å². The lowest BCUT2D eigenvalue weighted by atomic mass is 10.1. The zero-order valence-electron chi connectivity index (χ0n) is 16.6. The summed E-state index contributed by atoms with van der Waals surface area (Å²) in [5, 5.41) is 15.7. The summed E-state index contributed by atoms with van der Waals surface area (Å²) in [6, 6.07) is 5.59. The Labute approximate surface area is 181 Å². The Morgan fingerprint density at radius 3 is 2.61 bits per heavy atom. The highest BCUT2D eigenvalue weighted by atomic mass is 32.1. The van der Waals surface area contributed by atoms with Gasteiger partial charge in [0.15, 0.2) is 19.0 Å². The highest BCUT2D eigenvalue weighted by Crippen LogP contribution is 2.46. The minimum absolute atomic E-state index is 0.0841. The SMILES string of the molecule is CCOC(=O)c1c(C2CC2)csc1NC(=O)COC(=O)COc1ccccc1[N+](=O)[O-]. The van der Waals surface area contributed by atoms with Crippen LogP contribution in [0.5, 0.6) is 5.75 Å². The number of carbonyl (C=O) groups is 3. The molecule has 1 aromatic heterocycles. The van der Waals surface area contributed by atoms with Gasteiger partial charge in [-0.2, -0.15) is 0 Å². The monoisotopic (exact) mass is 448 g/mol. The van der Waals surface area contributed by atoms with Gasteiger partial charge < -0.3 is 19.5 Å². The zero-order valence-corrected chi connectivity index (χ0v) is 17.4. The van der Waals surface area contributed by atoms with Gasteiger partial charge in [-0.05, 0) is 42.7 Å². The highest BCUT2D eigenvalue weighted by molar-refractivity contribution is 7.15. The van der Waals surface area contributed by atoms with Gasteiger partial charge in [-0.1, -0.05) is 12.1 Å². The Morgan fingerprint density at radius 1 is 1.19 bits per heavy atom. The van der Waals surface area contributed by atoms with Crippen molar-refractivity contribution in [2.24, 2.45) is 0 Å². The summed E-state index contributed by atoms with van der Waals surface area (Å²) in [6.07, 6.45) is 1.96.